The van der Waals surface area contributed by atoms with Gasteiger partial charge in [0.05, 0.1) is 12.2 Å². The van der Waals surface area contributed by atoms with E-state index in [1.807, 2.05) is 0 Å². The fraction of sp³-hybridized carbons (Fsp3) is 0.833. The molecule has 0 aromatic rings. The van der Waals surface area contributed by atoms with Crippen molar-refractivity contribution in [3.05, 3.63) is 0 Å². The van der Waals surface area contributed by atoms with Gasteiger partial charge in [0.15, 0.2) is 6.10 Å². The Bertz CT molecular complexity index is 121. The van der Waals surface area contributed by atoms with Crippen molar-refractivity contribution >= 4 is 0 Å². The smallest absolute Gasteiger partial charge is 0.166 e. The van der Waals surface area contributed by atoms with Gasteiger partial charge < -0.3 is 14.6 Å². The van der Waals surface area contributed by atoms with Crippen molar-refractivity contribution in [3.8, 4) is 6.07 Å². The molecule has 0 aliphatic heterocycles. The fourth-order valence-electron chi connectivity index (χ4n) is 0.371. The summed E-state index contributed by atoms with van der Waals surface area (Å²) in [6.07, 6.45) is -1.57. The minimum Gasteiger partial charge on any atom is -0.375 e. The van der Waals surface area contributed by atoms with Gasteiger partial charge in [0, 0.05) is 7.11 Å². The lowest BCUT2D eigenvalue weighted by molar-refractivity contribution is -0.0929. The van der Waals surface area contributed by atoms with Crippen LogP contribution in [0, 0.1) is 11.3 Å². The lowest BCUT2D eigenvalue weighted by atomic mass is 10.2. The molecule has 0 aliphatic rings. The highest BCUT2D eigenvalue weighted by molar-refractivity contribution is 4.86. The van der Waals surface area contributed by atoms with E-state index in [9.17, 15) is 0 Å². The number of nitriles is 1. The highest BCUT2D eigenvalue weighted by atomic mass is 16.7. The molecule has 0 radical (unpaired) electrons. The first-order chi connectivity index (χ1) is 4.72. The van der Waals surface area contributed by atoms with E-state index >= 15 is 0 Å². The molecule has 0 spiro atoms. The highest BCUT2D eigenvalue weighted by Crippen LogP contribution is 1.96. The summed E-state index contributed by atoms with van der Waals surface area (Å²) >= 11 is 0. The first-order valence-electron chi connectivity index (χ1n) is 2.90. The molecule has 0 amide bonds. The van der Waals surface area contributed by atoms with E-state index in [2.05, 4.69) is 4.74 Å². The molecule has 0 aromatic carbocycles. The summed E-state index contributed by atoms with van der Waals surface area (Å²) in [6.45, 7) is 1.70. The topological polar surface area (TPSA) is 62.5 Å². The highest BCUT2D eigenvalue weighted by Gasteiger charge is 2.12. The monoisotopic (exact) mass is 145 g/mol. The Morgan fingerprint density at radius 3 is 2.70 bits per heavy atom. The van der Waals surface area contributed by atoms with E-state index in [1.165, 1.54) is 7.11 Å². The molecule has 2 atom stereocenters. The van der Waals surface area contributed by atoms with Crippen LogP contribution < -0.4 is 0 Å². The summed E-state index contributed by atoms with van der Waals surface area (Å²) in [4.78, 5) is 0. The van der Waals surface area contributed by atoms with Crippen LogP contribution in [0.4, 0.5) is 0 Å². The molecular weight excluding hydrogens is 134 g/mol. The van der Waals surface area contributed by atoms with Crippen molar-refractivity contribution in [3.63, 3.8) is 0 Å². The van der Waals surface area contributed by atoms with Gasteiger partial charge in [-0.05, 0) is 6.92 Å². The average Bonchev–Trinajstić information content (AvgIpc) is 1.98. The third kappa shape index (κ3) is 3.41. The Morgan fingerprint density at radius 2 is 2.30 bits per heavy atom. The number of ether oxygens (including phenoxy) is 2. The summed E-state index contributed by atoms with van der Waals surface area (Å²) in [7, 11) is 1.48. The van der Waals surface area contributed by atoms with Crippen molar-refractivity contribution in [2.75, 3.05) is 13.9 Å². The number of hydrogen-bond acceptors (Lipinski definition) is 4. The number of hydrogen-bond donors (Lipinski definition) is 1. The minimum absolute atomic E-state index is 0.0971. The first-order valence-corrected chi connectivity index (χ1v) is 2.90. The van der Waals surface area contributed by atoms with E-state index < -0.39 is 12.2 Å². The maximum Gasteiger partial charge on any atom is 0.166 e. The second kappa shape index (κ2) is 5.18. The molecule has 0 heterocycles. The SMILES string of the molecule is COCOC(C)[C@H](O)C#N. The largest absolute Gasteiger partial charge is 0.375 e. The van der Waals surface area contributed by atoms with Gasteiger partial charge in [-0.2, -0.15) is 5.26 Å². The van der Waals surface area contributed by atoms with E-state index in [4.69, 9.17) is 15.1 Å². The summed E-state index contributed by atoms with van der Waals surface area (Å²) in [5.41, 5.74) is 0. The first kappa shape index (κ1) is 9.37. The molecule has 0 saturated carbocycles. The third-order valence-corrected chi connectivity index (χ3v) is 1.03. The summed E-state index contributed by atoms with van der Waals surface area (Å²) in [5.74, 6) is 0. The molecule has 4 heteroatoms. The molecule has 1 unspecified atom stereocenters. The van der Waals surface area contributed by atoms with Gasteiger partial charge in [0.1, 0.15) is 6.79 Å². The molecule has 0 rings (SSSR count). The lowest BCUT2D eigenvalue weighted by Gasteiger charge is -2.12. The van der Waals surface area contributed by atoms with Crippen LogP contribution in [0.3, 0.4) is 0 Å². The van der Waals surface area contributed by atoms with Crippen molar-refractivity contribution < 1.29 is 14.6 Å². The van der Waals surface area contributed by atoms with Gasteiger partial charge in [0.25, 0.3) is 0 Å². The molecule has 58 valence electrons. The maximum atomic E-state index is 8.81. The predicted molar refractivity (Wildman–Crippen MR) is 34.0 cm³/mol. The number of aliphatic hydroxyl groups excluding tert-OH is 1. The molecule has 0 saturated heterocycles. The predicted octanol–water partition coefficient (Wildman–Crippen LogP) is -0.120. The summed E-state index contributed by atoms with van der Waals surface area (Å²) in [5, 5.41) is 17.0. The minimum atomic E-state index is -1.07. The zero-order valence-electron chi connectivity index (χ0n) is 6.07. The van der Waals surface area contributed by atoms with Gasteiger partial charge in [-0.3, -0.25) is 0 Å². The van der Waals surface area contributed by atoms with Gasteiger partial charge in [-0.25, -0.2) is 0 Å². The van der Waals surface area contributed by atoms with Crippen LogP contribution in [0.15, 0.2) is 0 Å². The molecule has 0 bridgehead atoms. The van der Waals surface area contributed by atoms with Crippen molar-refractivity contribution in [1.82, 2.24) is 0 Å². The normalized spacial score (nSPS) is 15.8. The van der Waals surface area contributed by atoms with Gasteiger partial charge in [-0.15, -0.1) is 0 Å². The van der Waals surface area contributed by atoms with E-state index in [-0.39, 0.29) is 6.79 Å². The Balaban J connectivity index is 3.43. The molecule has 4 nitrogen and oxygen atoms in total. The van der Waals surface area contributed by atoms with Gasteiger partial charge in [-0.1, -0.05) is 0 Å². The molecule has 0 aromatic heterocycles. The van der Waals surface area contributed by atoms with Crippen LogP contribution in [0.5, 0.6) is 0 Å². The zero-order valence-corrected chi connectivity index (χ0v) is 6.07. The van der Waals surface area contributed by atoms with Crippen molar-refractivity contribution in [2.45, 2.75) is 19.1 Å². The van der Waals surface area contributed by atoms with E-state index in [0.717, 1.165) is 0 Å². The Labute approximate surface area is 60.0 Å². The standard InChI is InChI=1S/C6H11NO3/c1-5(6(8)3-7)10-4-9-2/h5-6,8H,4H2,1-2H3/t5?,6-/m1/s1. The van der Waals surface area contributed by atoms with Gasteiger partial charge >= 0.3 is 0 Å². The Hall–Kier alpha value is -0.630. The van der Waals surface area contributed by atoms with Crippen LogP contribution in [0.25, 0.3) is 0 Å². The Morgan fingerprint density at radius 1 is 1.70 bits per heavy atom. The van der Waals surface area contributed by atoms with E-state index in [1.54, 1.807) is 13.0 Å². The van der Waals surface area contributed by atoms with Crippen LogP contribution in [-0.4, -0.2) is 31.2 Å². The van der Waals surface area contributed by atoms with Crippen LogP contribution in [0.2, 0.25) is 0 Å². The van der Waals surface area contributed by atoms with E-state index in [0.29, 0.717) is 0 Å². The molecule has 0 aliphatic carbocycles. The zero-order chi connectivity index (χ0) is 7.98. The number of aliphatic hydroxyl groups is 1. The quantitative estimate of drug-likeness (QED) is 0.442. The van der Waals surface area contributed by atoms with Crippen molar-refractivity contribution in [1.29, 1.82) is 5.26 Å². The summed E-state index contributed by atoms with van der Waals surface area (Å²) in [6, 6.07) is 1.65. The third-order valence-electron chi connectivity index (χ3n) is 1.03. The Kier molecular flexibility index (Phi) is 4.85. The lowest BCUT2D eigenvalue weighted by Crippen LogP contribution is -2.24. The number of rotatable bonds is 4. The van der Waals surface area contributed by atoms with Crippen molar-refractivity contribution in [2.24, 2.45) is 0 Å². The molecular formula is C6H11NO3. The number of methoxy groups -OCH3 is 1. The fourth-order valence-corrected chi connectivity index (χ4v) is 0.371. The molecule has 0 fully saturated rings. The molecule has 1 N–H and O–H groups in total. The average molecular weight is 145 g/mol. The van der Waals surface area contributed by atoms with Gasteiger partial charge in [0.2, 0.25) is 0 Å². The van der Waals surface area contributed by atoms with Crippen LogP contribution >= 0.6 is 0 Å². The number of nitrogens with zero attached hydrogens (tertiary/aromatic N) is 1. The maximum absolute atomic E-state index is 8.81. The molecule has 10 heavy (non-hydrogen) atoms. The second-order valence-corrected chi connectivity index (χ2v) is 1.85. The second-order valence-electron chi connectivity index (χ2n) is 1.85. The van der Waals surface area contributed by atoms with Crippen LogP contribution in [0.1, 0.15) is 6.92 Å². The summed E-state index contributed by atoms with van der Waals surface area (Å²) < 4.78 is 9.41. The van der Waals surface area contributed by atoms with Crippen LogP contribution in [-0.2, 0) is 9.47 Å².